The van der Waals surface area contributed by atoms with Gasteiger partial charge in [-0.05, 0) is 43.0 Å². The summed E-state index contributed by atoms with van der Waals surface area (Å²) in [5.41, 5.74) is 9.51. The van der Waals surface area contributed by atoms with Gasteiger partial charge in [0, 0.05) is 19.0 Å². The number of carbonyl (C=O) groups is 2. The number of likely N-dealkylation sites (tertiary alicyclic amines) is 1. The highest BCUT2D eigenvalue weighted by Crippen LogP contribution is 2.23. The molecule has 0 unspecified atom stereocenters. The zero-order chi connectivity index (χ0) is 20.4. The van der Waals surface area contributed by atoms with E-state index in [1.807, 2.05) is 49.4 Å². The van der Waals surface area contributed by atoms with Gasteiger partial charge in [0.15, 0.2) is 5.69 Å². The number of nitrogens with zero attached hydrogens (tertiary/aromatic N) is 4. The van der Waals surface area contributed by atoms with Gasteiger partial charge in [0.2, 0.25) is 5.91 Å². The van der Waals surface area contributed by atoms with E-state index in [9.17, 15) is 9.59 Å². The summed E-state index contributed by atoms with van der Waals surface area (Å²) in [4.78, 5) is 25.9. The molecule has 1 aliphatic heterocycles. The Labute approximate surface area is 169 Å². The molecular weight excluding hydrogens is 366 g/mol. The number of hydrogen-bond donors (Lipinski definition) is 1. The average Bonchev–Trinajstić information content (AvgIpc) is 3.15. The molecule has 0 atom stereocenters. The van der Waals surface area contributed by atoms with Crippen molar-refractivity contribution in [1.82, 2.24) is 19.9 Å². The Kier molecular flexibility index (Phi) is 5.12. The van der Waals surface area contributed by atoms with Gasteiger partial charge < -0.3 is 10.6 Å². The summed E-state index contributed by atoms with van der Waals surface area (Å²) in [6.07, 6.45) is 1.18. The first-order valence-electron chi connectivity index (χ1n) is 9.71. The molecule has 0 bridgehead atoms. The standard InChI is InChI=1S/C22H23N5O2/c1-15-20(22(29)26-13-11-18(12-14-26)21(23)28)24-25-27(15)19-9-7-17(8-10-19)16-5-3-2-4-6-16/h2-10,18H,11-14H2,1H3,(H2,23,28). The van der Waals surface area contributed by atoms with Gasteiger partial charge in [-0.25, -0.2) is 4.68 Å². The second-order valence-corrected chi connectivity index (χ2v) is 7.32. The van der Waals surface area contributed by atoms with Gasteiger partial charge in [-0.2, -0.15) is 0 Å². The van der Waals surface area contributed by atoms with Crippen molar-refractivity contribution in [1.29, 1.82) is 0 Å². The van der Waals surface area contributed by atoms with Crippen LogP contribution in [0.2, 0.25) is 0 Å². The molecule has 2 amide bonds. The first kappa shape index (κ1) is 18.9. The number of aromatic nitrogens is 3. The molecule has 1 fully saturated rings. The molecule has 2 N–H and O–H groups in total. The zero-order valence-electron chi connectivity index (χ0n) is 16.3. The van der Waals surface area contributed by atoms with Crippen LogP contribution >= 0.6 is 0 Å². The van der Waals surface area contributed by atoms with Crippen LogP contribution in [0.1, 0.15) is 29.0 Å². The molecule has 148 valence electrons. The Balaban J connectivity index is 1.51. The van der Waals surface area contributed by atoms with Gasteiger partial charge in [-0.15, -0.1) is 5.10 Å². The summed E-state index contributed by atoms with van der Waals surface area (Å²) >= 11 is 0. The number of amides is 2. The Bertz CT molecular complexity index is 1020. The molecule has 1 aliphatic rings. The maximum atomic E-state index is 12.9. The minimum Gasteiger partial charge on any atom is -0.369 e. The Hall–Kier alpha value is -3.48. The molecule has 7 heteroatoms. The summed E-state index contributed by atoms with van der Waals surface area (Å²) in [7, 11) is 0. The second-order valence-electron chi connectivity index (χ2n) is 7.32. The highest BCUT2D eigenvalue weighted by molar-refractivity contribution is 5.93. The number of piperidine rings is 1. The molecule has 3 aromatic rings. The van der Waals surface area contributed by atoms with Crippen LogP contribution in [0, 0.1) is 12.8 Å². The van der Waals surface area contributed by atoms with Crippen molar-refractivity contribution >= 4 is 11.8 Å². The molecule has 7 nitrogen and oxygen atoms in total. The minimum atomic E-state index is -0.293. The first-order valence-corrected chi connectivity index (χ1v) is 9.71. The van der Waals surface area contributed by atoms with Gasteiger partial charge >= 0.3 is 0 Å². The van der Waals surface area contributed by atoms with Crippen LogP contribution in [0.3, 0.4) is 0 Å². The van der Waals surface area contributed by atoms with E-state index in [-0.39, 0.29) is 17.7 Å². The van der Waals surface area contributed by atoms with Gasteiger partial charge in [-0.1, -0.05) is 47.7 Å². The average molecular weight is 389 g/mol. The predicted molar refractivity (Wildman–Crippen MR) is 109 cm³/mol. The lowest BCUT2D eigenvalue weighted by Crippen LogP contribution is -2.42. The summed E-state index contributed by atoms with van der Waals surface area (Å²) in [6, 6.07) is 18.1. The third-order valence-electron chi connectivity index (χ3n) is 5.50. The van der Waals surface area contributed by atoms with Crippen LogP contribution in [0.25, 0.3) is 16.8 Å². The number of rotatable bonds is 4. The van der Waals surface area contributed by atoms with Crippen molar-refractivity contribution in [2.24, 2.45) is 11.7 Å². The van der Waals surface area contributed by atoms with E-state index in [0.717, 1.165) is 16.8 Å². The number of carbonyl (C=O) groups excluding carboxylic acids is 2. The van der Waals surface area contributed by atoms with E-state index in [1.165, 1.54) is 0 Å². The van der Waals surface area contributed by atoms with Crippen molar-refractivity contribution in [3.05, 3.63) is 66.0 Å². The SMILES string of the molecule is Cc1c(C(=O)N2CCC(C(N)=O)CC2)nnn1-c1ccc(-c2ccccc2)cc1. The van der Waals surface area contributed by atoms with Crippen molar-refractivity contribution in [3.8, 4) is 16.8 Å². The minimum absolute atomic E-state index is 0.154. The molecule has 0 spiro atoms. The van der Waals surface area contributed by atoms with Crippen molar-refractivity contribution in [2.75, 3.05) is 13.1 Å². The maximum absolute atomic E-state index is 12.9. The molecule has 0 aliphatic carbocycles. The van der Waals surface area contributed by atoms with Crippen molar-refractivity contribution in [3.63, 3.8) is 0 Å². The monoisotopic (exact) mass is 389 g/mol. The molecule has 2 aromatic carbocycles. The predicted octanol–water partition coefficient (Wildman–Crippen LogP) is 2.58. The molecule has 29 heavy (non-hydrogen) atoms. The molecule has 4 rings (SSSR count). The zero-order valence-corrected chi connectivity index (χ0v) is 16.3. The Morgan fingerprint density at radius 1 is 0.966 bits per heavy atom. The van der Waals surface area contributed by atoms with Gasteiger partial charge in [0.1, 0.15) is 0 Å². The van der Waals surface area contributed by atoms with Crippen LogP contribution in [-0.4, -0.2) is 44.8 Å². The van der Waals surface area contributed by atoms with E-state index < -0.39 is 0 Å². The summed E-state index contributed by atoms with van der Waals surface area (Å²) in [5.74, 6) is -0.602. The molecular formula is C22H23N5O2. The fourth-order valence-electron chi connectivity index (χ4n) is 3.71. The topological polar surface area (TPSA) is 94.1 Å². The van der Waals surface area contributed by atoms with Crippen LogP contribution in [0.5, 0.6) is 0 Å². The summed E-state index contributed by atoms with van der Waals surface area (Å²) in [5, 5.41) is 8.32. The van der Waals surface area contributed by atoms with Crippen LogP contribution in [0.15, 0.2) is 54.6 Å². The molecule has 2 heterocycles. The third-order valence-corrected chi connectivity index (χ3v) is 5.50. The second kappa shape index (κ2) is 7.87. The quantitative estimate of drug-likeness (QED) is 0.742. The Morgan fingerprint density at radius 2 is 1.59 bits per heavy atom. The maximum Gasteiger partial charge on any atom is 0.276 e. The van der Waals surface area contributed by atoms with Gasteiger partial charge in [-0.3, -0.25) is 9.59 Å². The lowest BCUT2D eigenvalue weighted by molar-refractivity contribution is -0.123. The number of benzene rings is 2. The lowest BCUT2D eigenvalue weighted by Gasteiger charge is -2.30. The first-order chi connectivity index (χ1) is 14.0. The third kappa shape index (κ3) is 3.76. The van der Waals surface area contributed by atoms with E-state index in [1.54, 1.807) is 9.58 Å². The van der Waals surface area contributed by atoms with Crippen LogP contribution in [-0.2, 0) is 4.79 Å². The molecule has 0 saturated carbocycles. The number of primary amides is 1. The van der Waals surface area contributed by atoms with E-state index in [2.05, 4.69) is 22.4 Å². The van der Waals surface area contributed by atoms with Crippen molar-refractivity contribution < 1.29 is 9.59 Å². The largest absolute Gasteiger partial charge is 0.369 e. The van der Waals surface area contributed by atoms with E-state index in [4.69, 9.17) is 5.73 Å². The van der Waals surface area contributed by atoms with E-state index >= 15 is 0 Å². The highest BCUT2D eigenvalue weighted by atomic mass is 16.2. The smallest absolute Gasteiger partial charge is 0.276 e. The van der Waals surface area contributed by atoms with E-state index in [0.29, 0.717) is 37.3 Å². The van der Waals surface area contributed by atoms with Crippen LogP contribution in [0.4, 0.5) is 0 Å². The molecule has 1 aromatic heterocycles. The normalized spacial score (nSPS) is 14.7. The lowest BCUT2D eigenvalue weighted by atomic mass is 9.96. The summed E-state index contributed by atoms with van der Waals surface area (Å²) in [6.45, 7) is 2.85. The molecule has 0 radical (unpaired) electrons. The Morgan fingerprint density at radius 3 is 2.21 bits per heavy atom. The highest BCUT2D eigenvalue weighted by Gasteiger charge is 2.29. The number of hydrogen-bond acceptors (Lipinski definition) is 4. The van der Waals surface area contributed by atoms with Crippen LogP contribution < -0.4 is 5.73 Å². The molecule has 1 saturated heterocycles. The fourth-order valence-corrected chi connectivity index (χ4v) is 3.71. The fraction of sp³-hybridized carbons (Fsp3) is 0.273. The summed E-state index contributed by atoms with van der Waals surface area (Å²) < 4.78 is 1.68. The van der Waals surface area contributed by atoms with Crippen molar-refractivity contribution in [2.45, 2.75) is 19.8 Å². The number of nitrogens with two attached hydrogens (primary N) is 1. The van der Waals surface area contributed by atoms with Gasteiger partial charge in [0.05, 0.1) is 11.4 Å². The van der Waals surface area contributed by atoms with Gasteiger partial charge in [0.25, 0.3) is 5.91 Å².